The number of aromatic nitrogens is 1. The number of nitrogens with zero attached hydrogens (tertiary/aromatic N) is 2. The second-order valence-electron chi connectivity index (χ2n) is 9.81. The molecular weight excluding hydrogens is 502 g/mol. The van der Waals surface area contributed by atoms with Gasteiger partial charge in [0.15, 0.2) is 0 Å². The lowest BCUT2D eigenvalue weighted by Crippen LogP contribution is -2.28. The summed E-state index contributed by atoms with van der Waals surface area (Å²) < 4.78 is 17.4. The van der Waals surface area contributed by atoms with Crippen molar-refractivity contribution >= 4 is 5.91 Å². The number of fused-ring (bicyclic) bond motifs is 3. The average molecular weight is 538 g/mol. The van der Waals surface area contributed by atoms with Crippen molar-refractivity contribution in [3.8, 4) is 11.5 Å². The van der Waals surface area contributed by atoms with Gasteiger partial charge in [-0.05, 0) is 53.1 Å². The van der Waals surface area contributed by atoms with E-state index in [4.69, 9.17) is 14.2 Å². The second-order valence-corrected chi connectivity index (χ2v) is 9.81. The highest BCUT2D eigenvalue weighted by Gasteiger charge is 2.14. The van der Waals surface area contributed by atoms with Gasteiger partial charge in [0.25, 0.3) is 5.91 Å². The summed E-state index contributed by atoms with van der Waals surface area (Å²) >= 11 is 0. The number of benzene rings is 3. The number of pyridine rings is 1. The Morgan fingerprint density at radius 3 is 2.70 bits per heavy atom. The van der Waals surface area contributed by atoms with Crippen LogP contribution in [-0.4, -0.2) is 49.3 Å². The van der Waals surface area contributed by atoms with Gasteiger partial charge >= 0.3 is 0 Å². The van der Waals surface area contributed by atoms with Crippen LogP contribution in [0.25, 0.3) is 0 Å². The lowest BCUT2D eigenvalue weighted by molar-refractivity contribution is 0.0754. The Bertz CT molecular complexity index is 1410. The predicted molar refractivity (Wildman–Crippen MR) is 155 cm³/mol. The van der Waals surface area contributed by atoms with Crippen LogP contribution in [0.5, 0.6) is 11.5 Å². The van der Waals surface area contributed by atoms with Crippen LogP contribution in [0.4, 0.5) is 0 Å². The molecule has 0 fully saturated rings. The standard InChI is InChI=1S/C33H35N3O4/c1-38-31-11-3-2-9-28(31)22-35-33(37)27-12-13-32-29(21-27)20-25-7-6-8-26(19-25)23-36(15-16-39-17-18-40-32)24-30-10-4-5-14-34-30/h2-14,19,21H,15-18,20,22-24H2,1H3,(H,35,37). The highest BCUT2D eigenvalue weighted by molar-refractivity contribution is 5.94. The van der Waals surface area contributed by atoms with Crippen LogP contribution in [0.15, 0.2) is 91.1 Å². The largest absolute Gasteiger partial charge is 0.496 e. The maximum atomic E-state index is 13.1. The molecule has 5 rings (SSSR count). The minimum Gasteiger partial charge on any atom is -0.496 e. The van der Waals surface area contributed by atoms with Gasteiger partial charge in [0.1, 0.15) is 18.1 Å². The van der Waals surface area contributed by atoms with E-state index in [1.807, 2.05) is 60.8 Å². The van der Waals surface area contributed by atoms with Gasteiger partial charge in [0, 0.05) is 49.9 Å². The summed E-state index contributed by atoms with van der Waals surface area (Å²) in [5.41, 5.74) is 5.90. The molecule has 1 amide bonds. The van der Waals surface area contributed by atoms with E-state index in [9.17, 15) is 4.79 Å². The quantitative estimate of drug-likeness (QED) is 0.372. The molecule has 2 heterocycles. The van der Waals surface area contributed by atoms with Gasteiger partial charge in [0.05, 0.1) is 26.0 Å². The topological polar surface area (TPSA) is 72.9 Å². The zero-order valence-electron chi connectivity index (χ0n) is 22.8. The average Bonchev–Trinajstić information content (AvgIpc) is 2.98. The zero-order chi connectivity index (χ0) is 27.6. The van der Waals surface area contributed by atoms with E-state index < -0.39 is 0 Å². The molecule has 1 N–H and O–H groups in total. The van der Waals surface area contributed by atoms with Crippen molar-refractivity contribution in [2.24, 2.45) is 0 Å². The monoisotopic (exact) mass is 537 g/mol. The molecular formula is C33H35N3O4. The molecule has 4 aromatic rings. The molecule has 0 radical (unpaired) electrons. The van der Waals surface area contributed by atoms with Crippen molar-refractivity contribution in [1.29, 1.82) is 0 Å². The van der Waals surface area contributed by atoms with Crippen LogP contribution in [0.1, 0.15) is 38.3 Å². The van der Waals surface area contributed by atoms with Gasteiger partial charge in [-0.25, -0.2) is 0 Å². The number of hydrogen-bond acceptors (Lipinski definition) is 6. The van der Waals surface area contributed by atoms with E-state index in [-0.39, 0.29) is 5.91 Å². The minimum atomic E-state index is -0.143. The first-order chi connectivity index (χ1) is 19.7. The number of nitrogens with one attached hydrogen (secondary N) is 1. The summed E-state index contributed by atoms with van der Waals surface area (Å²) in [6.45, 7) is 4.25. The normalized spacial score (nSPS) is 14.3. The fraction of sp³-hybridized carbons (Fsp3) is 0.273. The number of methoxy groups -OCH3 is 1. The van der Waals surface area contributed by atoms with E-state index in [1.54, 1.807) is 7.11 Å². The number of rotatable bonds is 6. The second kappa shape index (κ2) is 13.7. The van der Waals surface area contributed by atoms with Crippen molar-refractivity contribution in [2.45, 2.75) is 26.1 Å². The van der Waals surface area contributed by atoms with Gasteiger partial charge in [-0.15, -0.1) is 0 Å². The Morgan fingerprint density at radius 1 is 0.950 bits per heavy atom. The molecule has 1 aliphatic rings. The Labute approximate surface area is 235 Å². The zero-order valence-corrected chi connectivity index (χ0v) is 22.8. The summed E-state index contributed by atoms with van der Waals surface area (Å²) in [7, 11) is 1.63. The van der Waals surface area contributed by atoms with Crippen LogP contribution in [0.2, 0.25) is 0 Å². The van der Waals surface area contributed by atoms with Gasteiger partial charge in [-0.1, -0.05) is 48.5 Å². The number of carbonyl (C=O) groups is 1. The Kier molecular flexibility index (Phi) is 9.40. The first kappa shape index (κ1) is 27.4. The maximum Gasteiger partial charge on any atom is 0.251 e. The van der Waals surface area contributed by atoms with E-state index >= 15 is 0 Å². The first-order valence-corrected chi connectivity index (χ1v) is 13.6. The first-order valence-electron chi connectivity index (χ1n) is 13.6. The fourth-order valence-corrected chi connectivity index (χ4v) is 4.88. The molecule has 0 aliphatic carbocycles. The molecule has 0 saturated heterocycles. The van der Waals surface area contributed by atoms with Gasteiger partial charge in [0.2, 0.25) is 0 Å². The maximum absolute atomic E-state index is 13.1. The Balaban J connectivity index is 1.34. The lowest BCUT2D eigenvalue weighted by Gasteiger charge is -2.23. The van der Waals surface area contributed by atoms with Crippen molar-refractivity contribution in [3.63, 3.8) is 0 Å². The lowest BCUT2D eigenvalue weighted by atomic mass is 9.99. The van der Waals surface area contributed by atoms with Crippen LogP contribution < -0.4 is 14.8 Å². The summed E-state index contributed by atoms with van der Waals surface area (Å²) in [5, 5.41) is 3.02. The predicted octanol–water partition coefficient (Wildman–Crippen LogP) is 5.02. The molecule has 3 aromatic carbocycles. The molecule has 0 spiro atoms. The van der Waals surface area contributed by atoms with Crippen LogP contribution >= 0.6 is 0 Å². The van der Waals surface area contributed by atoms with E-state index in [0.29, 0.717) is 38.3 Å². The minimum absolute atomic E-state index is 0.143. The van der Waals surface area contributed by atoms with Gasteiger partial charge in [-0.3, -0.25) is 14.7 Å². The van der Waals surface area contributed by atoms with Gasteiger partial charge < -0.3 is 19.5 Å². The van der Waals surface area contributed by atoms with E-state index in [1.165, 1.54) is 11.1 Å². The van der Waals surface area contributed by atoms with E-state index in [2.05, 4.69) is 45.5 Å². The van der Waals surface area contributed by atoms with Crippen molar-refractivity contribution < 1.29 is 19.0 Å². The van der Waals surface area contributed by atoms with Crippen molar-refractivity contribution in [3.05, 3.63) is 125 Å². The van der Waals surface area contributed by atoms with Gasteiger partial charge in [-0.2, -0.15) is 0 Å². The van der Waals surface area contributed by atoms with E-state index in [0.717, 1.165) is 48.0 Å². The van der Waals surface area contributed by atoms with Crippen molar-refractivity contribution in [2.75, 3.05) is 33.5 Å². The molecule has 7 heteroatoms. The summed E-state index contributed by atoms with van der Waals surface area (Å²) in [6.07, 6.45) is 2.48. The summed E-state index contributed by atoms with van der Waals surface area (Å²) in [4.78, 5) is 20.0. The molecule has 0 atom stereocenters. The highest BCUT2D eigenvalue weighted by Crippen LogP contribution is 2.25. The smallest absolute Gasteiger partial charge is 0.251 e. The molecule has 1 aromatic heterocycles. The third-order valence-electron chi connectivity index (χ3n) is 6.90. The fourth-order valence-electron chi connectivity index (χ4n) is 4.88. The molecule has 40 heavy (non-hydrogen) atoms. The third-order valence-corrected chi connectivity index (χ3v) is 6.90. The number of hydrogen-bond donors (Lipinski definition) is 1. The number of ether oxygens (including phenoxy) is 3. The Morgan fingerprint density at radius 2 is 1.82 bits per heavy atom. The third kappa shape index (κ3) is 7.46. The van der Waals surface area contributed by atoms with Crippen LogP contribution in [0.3, 0.4) is 0 Å². The number of amides is 1. The number of carbonyl (C=O) groups excluding carboxylic acids is 1. The summed E-state index contributed by atoms with van der Waals surface area (Å²) in [5.74, 6) is 1.38. The SMILES string of the molecule is COc1ccccc1CNC(=O)c1ccc2c(c1)Cc1cccc(c1)CN(Cc1ccccn1)CCOCCO2. The Hall–Kier alpha value is -4.20. The van der Waals surface area contributed by atoms with Crippen LogP contribution in [0, 0.1) is 0 Å². The molecule has 0 unspecified atom stereocenters. The molecule has 1 aliphatic heterocycles. The van der Waals surface area contributed by atoms with Crippen molar-refractivity contribution in [1.82, 2.24) is 15.2 Å². The molecule has 2 bridgehead atoms. The number of para-hydroxylation sites is 1. The molecule has 206 valence electrons. The highest BCUT2D eigenvalue weighted by atomic mass is 16.5. The molecule has 0 saturated carbocycles. The molecule has 7 nitrogen and oxygen atoms in total. The van der Waals surface area contributed by atoms with Crippen LogP contribution in [-0.2, 0) is 30.8 Å². The summed E-state index contributed by atoms with van der Waals surface area (Å²) in [6, 6.07) is 27.9.